The van der Waals surface area contributed by atoms with Crippen LogP contribution in [-0.4, -0.2) is 15.4 Å². The van der Waals surface area contributed by atoms with Crippen LogP contribution in [0.5, 0.6) is 0 Å². The van der Waals surface area contributed by atoms with Crippen molar-refractivity contribution in [2.45, 2.75) is 40.4 Å². The van der Waals surface area contributed by atoms with Crippen molar-refractivity contribution in [2.75, 3.05) is 7.11 Å². The van der Waals surface area contributed by atoms with E-state index in [1.165, 1.54) is 0 Å². The molecule has 0 atom stereocenters. The highest BCUT2D eigenvalue weighted by molar-refractivity contribution is 6.69. The first-order valence-corrected chi connectivity index (χ1v) is 8.01. The zero-order valence-corrected chi connectivity index (χ0v) is 10.9. The van der Waals surface area contributed by atoms with E-state index in [2.05, 4.69) is 40.4 Å². The van der Waals surface area contributed by atoms with Gasteiger partial charge in [0.25, 0.3) is 5.95 Å². The fourth-order valence-electron chi connectivity index (χ4n) is 0.785. The van der Waals surface area contributed by atoms with Crippen LogP contribution in [0.2, 0.25) is 19.6 Å². The third-order valence-electron chi connectivity index (χ3n) is 1.16. The Morgan fingerprint density at radius 2 is 1.62 bits per heavy atom. The minimum Gasteiger partial charge on any atom is -0.520 e. The lowest BCUT2D eigenvalue weighted by atomic mass is 9.97. The van der Waals surface area contributed by atoms with E-state index in [1.807, 2.05) is 6.08 Å². The standard InChI is InChI=1S/C10H22O2Si/c1-10(2,3)8-9(11-4)12-13(5,6)7/h8H,1-7H3. The maximum atomic E-state index is 5.74. The molecule has 0 fully saturated rings. The molecule has 0 amide bonds. The highest BCUT2D eigenvalue weighted by Crippen LogP contribution is 2.20. The van der Waals surface area contributed by atoms with Crippen LogP contribution >= 0.6 is 0 Å². The van der Waals surface area contributed by atoms with Crippen LogP contribution in [0.15, 0.2) is 12.0 Å². The lowest BCUT2D eigenvalue weighted by molar-refractivity contribution is 0.141. The Bertz CT molecular complexity index is 184. The highest BCUT2D eigenvalue weighted by Gasteiger charge is 2.19. The van der Waals surface area contributed by atoms with Crippen LogP contribution < -0.4 is 0 Å². The van der Waals surface area contributed by atoms with Crippen LogP contribution in [0.3, 0.4) is 0 Å². The molecular formula is C10H22O2Si. The Kier molecular flexibility index (Phi) is 4.04. The van der Waals surface area contributed by atoms with Crippen LogP contribution in [-0.2, 0) is 9.16 Å². The molecule has 0 aromatic heterocycles. The number of methoxy groups -OCH3 is 1. The number of hydrogen-bond acceptors (Lipinski definition) is 2. The van der Waals surface area contributed by atoms with Gasteiger partial charge in [-0.25, -0.2) is 0 Å². The summed E-state index contributed by atoms with van der Waals surface area (Å²) in [5.41, 5.74) is 0.102. The summed E-state index contributed by atoms with van der Waals surface area (Å²) in [5.74, 6) is 0.659. The minimum atomic E-state index is -1.53. The molecule has 0 N–H and O–H groups in total. The van der Waals surface area contributed by atoms with Crippen LogP contribution in [0.25, 0.3) is 0 Å². The SMILES string of the molecule is COC(=CC(C)(C)C)O[Si](C)(C)C. The van der Waals surface area contributed by atoms with E-state index in [9.17, 15) is 0 Å². The van der Waals surface area contributed by atoms with Gasteiger partial charge >= 0.3 is 0 Å². The third kappa shape index (κ3) is 7.90. The Morgan fingerprint density at radius 3 is 1.85 bits per heavy atom. The summed E-state index contributed by atoms with van der Waals surface area (Å²) in [5, 5.41) is 0. The molecule has 0 aromatic rings. The lowest BCUT2D eigenvalue weighted by Crippen LogP contribution is -2.26. The third-order valence-corrected chi connectivity index (χ3v) is 1.97. The molecule has 13 heavy (non-hydrogen) atoms. The van der Waals surface area contributed by atoms with Gasteiger partial charge in [0, 0.05) is 6.08 Å². The quantitative estimate of drug-likeness (QED) is 0.516. The van der Waals surface area contributed by atoms with Crippen molar-refractivity contribution in [3.05, 3.63) is 12.0 Å². The molecule has 0 rings (SSSR count). The second kappa shape index (κ2) is 4.18. The van der Waals surface area contributed by atoms with Crippen molar-refractivity contribution in [1.29, 1.82) is 0 Å². The zero-order chi connectivity index (χ0) is 10.7. The number of ether oxygens (including phenoxy) is 1. The minimum absolute atomic E-state index is 0.102. The monoisotopic (exact) mass is 202 g/mol. The molecule has 0 radical (unpaired) electrons. The van der Waals surface area contributed by atoms with E-state index in [0.29, 0.717) is 5.95 Å². The van der Waals surface area contributed by atoms with E-state index in [-0.39, 0.29) is 5.41 Å². The molecular weight excluding hydrogens is 180 g/mol. The zero-order valence-electron chi connectivity index (χ0n) is 9.89. The molecule has 0 saturated heterocycles. The van der Waals surface area contributed by atoms with Crippen molar-refractivity contribution in [1.82, 2.24) is 0 Å². The van der Waals surface area contributed by atoms with Crippen molar-refractivity contribution in [3.63, 3.8) is 0 Å². The molecule has 3 heteroatoms. The number of hydrogen-bond donors (Lipinski definition) is 0. The van der Waals surface area contributed by atoms with Gasteiger partial charge in [0.2, 0.25) is 8.32 Å². The summed E-state index contributed by atoms with van der Waals surface area (Å²) >= 11 is 0. The molecule has 0 saturated carbocycles. The Balaban J connectivity index is 4.45. The van der Waals surface area contributed by atoms with E-state index >= 15 is 0 Å². The van der Waals surface area contributed by atoms with Gasteiger partial charge in [-0.3, -0.25) is 0 Å². The highest BCUT2D eigenvalue weighted by atomic mass is 28.4. The fourth-order valence-corrected chi connectivity index (χ4v) is 1.53. The number of allylic oxidation sites excluding steroid dienone is 1. The van der Waals surface area contributed by atoms with Gasteiger partial charge in [0.15, 0.2) is 0 Å². The van der Waals surface area contributed by atoms with Gasteiger partial charge in [-0.1, -0.05) is 20.8 Å². The van der Waals surface area contributed by atoms with Gasteiger partial charge in [-0.05, 0) is 25.1 Å². The molecule has 2 nitrogen and oxygen atoms in total. The summed E-state index contributed by atoms with van der Waals surface area (Å²) in [7, 11) is 0.116. The molecule has 0 heterocycles. The predicted octanol–water partition coefficient (Wildman–Crippen LogP) is 3.37. The average Bonchev–Trinajstić information content (AvgIpc) is 1.79. The topological polar surface area (TPSA) is 18.5 Å². The molecule has 0 unspecified atom stereocenters. The molecule has 0 aromatic carbocycles. The fraction of sp³-hybridized carbons (Fsp3) is 0.800. The second-order valence-electron chi connectivity index (χ2n) is 5.25. The van der Waals surface area contributed by atoms with Crippen LogP contribution in [0.1, 0.15) is 20.8 Å². The number of rotatable bonds is 3. The summed E-state index contributed by atoms with van der Waals surface area (Å²) in [4.78, 5) is 0. The summed E-state index contributed by atoms with van der Waals surface area (Å²) < 4.78 is 10.9. The first-order chi connectivity index (χ1) is 5.64. The smallest absolute Gasteiger partial charge is 0.261 e. The first-order valence-electron chi connectivity index (χ1n) is 4.60. The van der Waals surface area contributed by atoms with Gasteiger partial charge in [-0.15, -0.1) is 0 Å². The van der Waals surface area contributed by atoms with Crippen molar-refractivity contribution < 1.29 is 9.16 Å². The van der Waals surface area contributed by atoms with Gasteiger partial charge in [-0.2, -0.15) is 0 Å². The molecule has 0 aliphatic carbocycles. The Morgan fingerprint density at radius 1 is 1.15 bits per heavy atom. The van der Waals surface area contributed by atoms with Gasteiger partial charge in [0.05, 0.1) is 7.11 Å². The molecule has 0 bridgehead atoms. The van der Waals surface area contributed by atoms with E-state index in [4.69, 9.17) is 9.16 Å². The van der Waals surface area contributed by atoms with Crippen molar-refractivity contribution in [3.8, 4) is 0 Å². The largest absolute Gasteiger partial charge is 0.520 e. The summed E-state index contributed by atoms with van der Waals surface area (Å²) in [6.07, 6.45) is 2.02. The van der Waals surface area contributed by atoms with Crippen molar-refractivity contribution >= 4 is 8.32 Å². The van der Waals surface area contributed by atoms with Gasteiger partial charge < -0.3 is 9.16 Å². The second-order valence-corrected chi connectivity index (χ2v) is 9.68. The normalized spacial score (nSPS) is 14.2. The molecule has 0 aliphatic rings. The van der Waals surface area contributed by atoms with Crippen LogP contribution in [0, 0.1) is 5.41 Å². The first kappa shape index (κ1) is 12.6. The average molecular weight is 202 g/mol. The Hall–Kier alpha value is -0.443. The van der Waals surface area contributed by atoms with E-state index in [1.54, 1.807) is 7.11 Å². The maximum absolute atomic E-state index is 5.74. The van der Waals surface area contributed by atoms with E-state index in [0.717, 1.165) is 0 Å². The predicted molar refractivity (Wildman–Crippen MR) is 59.0 cm³/mol. The molecule has 0 aliphatic heterocycles. The van der Waals surface area contributed by atoms with E-state index < -0.39 is 8.32 Å². The van der Waals surface area contributed by atoms with Crippen LogP contribution in [0.4, 0.5) is 0 Å². The summed E-state index contributed by atoms with van der Waals surface area (Å²) in [6.45, 7) is 12.8. The summed E-state index contributed by atoms with van der Waals surface area (Å²) in [6, 6.07) is 0. The van der Waals surface area contributed by atoms with Crippen molar-refractivity contribution in [2.24, 2.45) is 5.41 Å². The molecule has 78 valence electrons. The Labute approximate surface area is 83.1 Å². The maximum Gasteiger partial charge on any atom is 0.261 e. The lowest BCUT2D eigenvalue weighted by Gasteiger charge is -2.23. The van der Waals surface area contributed by atoms with Gasteiger partial charge in [0.1, 0.15) is 0 Å². The molecule has 0 spiro atoms.